The zero-order valence-corrected chi connectivity index (χ0v) is 12.1. The number of anilines is 1. The predicted molar refractivity (Wildman–Crippen MR) is 78.0 cm³/mol. The van der Waals surface area contributed by atoms with Crippen molar-refractivity contribution in [3.63, 3.8) is 0 Å². The molecule has 1 aromatic heterocycles. The molecule has 0 saturated carbocycles. The first-order chi connectivity index (χ1) is 9.47. The van der Waals surface area contributed by atoms with Gasteiger partial charge in [0.1, 0.15) is 5.69 Å². The van der Waals surface area contributed by atoms with Gasteiger partial charge in [-0.1, -0.05) is 22.0 Å². The van der Waals surface area contributed by atoms with Gasteiger partial charge in [0, 0.05) is 21.9 Å². The number of carbonyl (C=O) groups excluding carboxylic acids is 1. The quantitative estimate of drug-likeness (QED) is 0.903. The fourth-order valence-corrected chi connectivity index (χ4v) is 2.02. The minimum atomic E-state index is -1.14. The number of halogens is 1. The minimum Gasteiger partial charge on any atom is -0.477 e. The van der Waals surface area contributed by atoms with E-state index in [4.69, 9.17) is 5.11 Å². The van der Waals surface area contributed by atoms with Crippen LogP contribution in [0.4, 0.5) is 5.69 Å². The SMILES string of the molecule is Cc1ccc(Br)cc1C(=O)Nc1ccnc(C(=O)O)c1. The standard InChI is InChI=1S/C14H11BrN2O3/c1-8-2-3-9(15)6-11(8)13(18)17-10-4-5-16-12(7-10)14(19)20/h2-7H,1H3,(H,19,20)(H,16,17,18). The van der Waals surface area contributed by atoms with Crippen LogP contribution in [0, 0.1) is 6.92 Å². The van der Waals surface area contributed by atoms with E-state index in [1.54, 1.807) is 6.07 Å². The molecule has 0 saturated heterocycles. The van der Waals surface area contributed by atoms with Crippen LogP contribution in [0.3, 0.4) is 0 Å². The van der Waals surface area contributed by atoms with Gasteiger partial charge in [-0.25, -0.2) is 9.78 Å². The monoisotopic (exact) mass is 334 g/mol. The molecule has 2 rings (SSSR count). The number of carbonyl (C=O) groups is 2. The lowest BCUT2D eigenvalue weighted by Gasteiger charge is -2.08. The Morgan fingerprint density at radius 2 is 2.00 bits per heavy atom. The molecular formula is C14H11BrN2O3. The Morgan fingerprint density at radius 3 is 2.70 bits per heavy atom. The molecule has 6 heteroatoms. The van der Waals surface area contributed by atoms with Gasteiger partial charge >= 0.3 is 5.97 Å². The number of benzene rings is 1. The fourth-order valence-electron chi connectivity index (χ4n) is 1.66. The maximum Gasteiger partial charge on any atom is 0.354 e. The lowest BCUT2D eigenvalue weighted by atomic mass is 10.1. The predicted octanol–water partition coefficient (Wildman–Crippen LogP) is 3.10. The van der Waals surface area contributed by atoms with Gasteiger partial charge in [-0.3, -0.25) is 4.79 Å². The molecule has 102 valence electrons. The number of aromatic carboxylic acids is 1. The topological polar surface area (TPSA) is 79.3 Å². The molecule has 0 fully saturated rings. The maximum absolute atomic E-state index is 12.2. The van der Waals surface area contributed by atoms with Crippen LogP contribution in [0.25, 0.3) is 0 Å². The Bertz CT molecular complexity index is 686. The average Bonchev–Trinajstić information content (AvgIpc) is 2.41. The molecule has 0 aliphatic rings. The molecule has 0 unspecified atom stereocenters. The van der Waals surface area contributed by atoms with Gasteiger partial charge in [0.25, 0.3) is 5.91 Å². The van der Waals surface area contributed by atoms with Crippen LogP contribution >= 0.6 is 15.9 Å². The highest BCUT2D eigenvalue weighted by molar-refractivity contribution is 9.10. The first-order valence-corrected chi connectivity index (χ1v) is 6.53. The first-order valence-electron chi connectivity index (χ1n) is 5.74. The van der Waals surface area contributed by atoms with Crippen molar-refractivity contribution in [2.75, 3.05) is 5.32 Å². The minimum absolute atomic E-state index is 0.117. The van der Waals surface area contributed by atoms with E-state index in [0.717, 1.165) is 10.0 Å². The van der Waals surface area contributed by atoms with Crippen LogP contribution in [0.5, 0.6) is 0 Å². The summed E-state index contributed by atoms with van der Waals surface area (Å²) in [4.78, 5) is 26.7. The second-order valence-corrected chi connectivity index (χ2v) is 5.06. The first kappa shape index (κ1) is 14.2. The van der Waals surface area contributed by atoms with Gasteiger partial charge < -0.3 is 10.4 Å². The number of hydrogen-bond acceptors (Lipinski definition) is 3. The Morgan fingerprint density at radius 1 is 1.25 bits per heavy atom. The van der Waals surface area contributed by atoms with Crippen molar-refractivity contribution in [1.29, 1.82) is 0 Å². The number of nitrogens with one attached hydrogen (secondary N) is 1. The van der Waals surface area contributed by atoms with Gasteiger partial charge in [-0.2, -0.15) is 0 Å². The summed E-state index contributed by atoms with van der Waals surface area (Å²) in [5.41, 5.74) is 1.63. The lowest BCUT2D eigenvalue weighted by molar-refractivity contribution is 0.0690. The van der Waals surface area contributed by atoms with Crippen molar-refractivity contribution in [1.82, 2.24) is 4.98 Å². The van der Waals surface area contributed by atoms with Crippen molar-refractivity contribution in [3.05, 3.63) is 57.8 Å². The summed E-state index contributed by atoms with van der Waals surface area (Å²) in [6.07, 6.45) is 1.34. The summed E-state index contributed by atoms with van der Waals surface area (Å²) in [5.74, 6) is -1.44. The molecule has 20 heavy (non-hydrogen) atoms. The summed E-state index contributed by atoms with van der Waals surface area (Å²) in [5, 5.41) is 11.5. The highest BCUT2D eigenvalue weighted by atomic mass is 79.9. The Balaban J connectivity index is 2.25. The van der Waals surface area contributed by atoms with E-state index in [1.165, 1.54) is 18.3 Å². The van der Waals surface area contributed by atoms with Crippen LogP contribution in [-0.4, -0.2) is 22.0 Å². The van der Waals surface area contributed by atoms with Crippen molar-refractivity contribution >= 4 is 33.5 Å². The second-order valence-electron chi connectivity index (χ2n) is 4.15. The summed E-state index contributed by atoms with van der Waals surface area (Å²) >= 11 is 3.31. The molecule has 0 aliphatic carbocycles. The number of rotatable bonds is 3. The summed E-state index contributed by atoms with van der Waals surface area (Å²) in [6, 6.07) is 8.24. The van der Waals surface area contributed by atoms with Crippen LogP contribution in [0.1, 0.15) is 26.4 Å². The molecule has 1 aromatic carbocycles. The fraction of sp³-hybridized carbons (Fsp3) is 0.0714. The number of amides is 1. The van der Waals surface area contributed by atoms with E-state index in [1.807, 2.05) is 19.1 Å². The van der Waals surface area contributed by atoms with E-state index >= 15 is 0 Å². The van der Waals surface area contributed by atoms with Gasteiger partial charge in [0.2, 0.25) is 0 Å². The number of carboxylic acids is 1. The molecule has 1 amide bonds. The van der Waals surface area contributed by atoms with Crippen molar-refractivity contribution in [2.24, 2.45) is 0 Å². The van der Waals surface area contributed by atoms with Crippen LogP contribution < -0.4 is 5.32 Å². The molecule has 0 radical (unpaired) electrons. The van der Waals surface area contributed by atoms with Crippen LogP contribution in [0.15, 0.2) is 41.0 Å². The summed E-state index contributed by atoms with van der Waals surface area (Å²) in [6.45, 7) is 1.83. The number of pyridine rings is 1. The van der Waals surface area contributed by atoms with Gasteiger partial charge in [0.05, 0.1) is 0 Å². The van der Waals surface area contributed by atoms with Gasteiger partial charge in [-0.05, 0) is 36.8 Å². The average molecular weight is 335 g/mol. The van der Waals surface area contributed by atoms with Crippen LogP contribution in [0.2, 0.25) is 0 Å². The molecule has 5 nitrogen and oxygen atoms in total. The number of hydrogen-bond donors (Lipinski definition) is 2. The highest BCUT2D eigenvalue weighted by Crippen LogP contribution is 2.18. The smallest absolute Gasteiger partial charge is 0.354 e. The normalized spacial score (nSPS) is 10.1. The number of carboxylic acid groups (broad SMARTS) is 1. The summed E-state index contributed by atoms with van der Waals surface area (Å²) in [7, 11) is 0. The molecule has 0 aliphatic heterocycles. The van der Waals surface area contributed by atoms with E-state index in [9.17, 15) is 9.59 Å². The molecule has 2 N–H and O–H groups in total. The number of aromatic nitrogens is 1. The van der Waals surface area contributed by atoms with E-state index in [-0.39, 0.29) is 11.6 Å². The third-order valence-corrected chi connectivity index (χ3v) is 3.17. The zero-order chi connectivity index (χ0) is 14.7. The molecule has 0 bridgehead atoms. The number of nitrogens with zero attached hydrogens (tertiary/aromatic N) is 1. The van der Waals surface area contributed by atoms with Crippen molar-refractivity contribution in [2.45, 2.75) is 6.92 Å². The zero-order valence-electron chi connectivity index (χ0n) is 10.6. The maximum atomic E-state index is 12.2. The Labute approximate surface area is 123 Å². The largest absolute Gasteiger partial charge is 0.477 e. The molecule has 1 heterocycles. The number of aryl methyl sites for hydroxylation is 1. The second kappa shape index (κ2) is 5.83. The van der Waals surface area contributed by atoms with Crippen molar-refractivity contribution < 1.29 is 14.7 Å². The van der Waals surface area contributed by atoms with Gasteiger partial charge in [-0.15, -0.1) is 0 Å². The molecule has 0 spiro atoms. The van der Waals surface area contributed by atoms with E-state index < -0.39 is 5.97 Å². The molecular weight excluding hydrogens is 324 g/mol. The van der Waals surface area contributed by atoms with Gasteiger partial charge in [0.15, 0.2) is 0 Å². The highest BCUT2D eigenvalue weighted by Gasteiger charge is 2.11. The Kier molecular flexibility index (Phi) is 4.14. The summed E-state index contributed by atoms with van der Waals surface area (Å²) < 4.78 is 0.800. The Hall–Kier alpha value is -2.21. The van der Waals surface area contributed by atoms with E-state index in [2.05, 4.69) is 26.2 Å². The lowest BCUT2D eigenvalue weighted by Crippen LogP contribution is -2.14. The molecule has 2 aromatic rings. The van der Waals surface area contributed by atoms with E-state index in [0.29, 0.717) is 11.3 Å². The van der Waals surface area contributed by atoms with Crippen molar-refractivity contribution in [3.8, 4) is 0 Å². The third kappa shape index (κ3) is 3.21. The molecule has 0 atom stereocenters. The third-order valence-electron chi connectivity index (χ3n) is 2.68. The van der Waals surface area contributed by atoms with Crippen LogP contribution in [-0.2, 0) is 0 Å².